The van der Waals surface area contributed by atoms with Crippen molar-refractivity contribution in [3.8, 4) is 16.3 Å². The van der Waals surface area contributed by atoms with Gasteiger partial charge in [0.05, 0.1) is 18.4 Å². The van der Waals surface area contributed by atoms with Crippen LogP contribution >= 0.6 is 39.0 Å². The molecule has 0 aliphatic heterocycles. The Balaban J connectivity index is 1.78. The van der Waals surface area contributed by atoms with Crippen molar-refractivity contribution < 1.29 is 4.74 Å². The van der Waals surface area contributed by atoms with Crippen LogP contribution in [0.3, 0.4) is 0 Å². The molecule has 2 heterocycles. The average molecular weight is 410 g/mol. The van der Waals surface area contributed by atoms with Crippen molar-refractivity contribution in [2.45, 2.75) is 10.9 Å². The Labute approximate surface area is 149 Å². The number of thiazole rings is 1. The van der Waals surface area contributed by atoms with Crippen LogP contribution in [0, 0.1) is 0 Å². The van der Waals surface area contributed by atoms with E-state index in [4.69, 9.17) is 4.74 Å². The van der Waals surface area contributed by atoms with Gasteiger partial charge in [0.15, 0.2) is 5.16 Å². The molecular weight excluding hydrogens is 398 g/mol. The van der Waals surface area contributed by atoms with Gasteiger partial charge in [-0.2, -0.15) is 0 Å². The van der Waals surface area contributed by atoms with E-state index in [0.717, 1.165) is 26.5 Å². The van der Waals surface area contributed by atoms with Gasteiger partial charge >= 0.3 is 0 Å². The van der Waals surface area contributed by atoms with Gasteiger partial charge in [-0.3, -0.25) is 4.79 Å². The number of ether oxygens (including phenoxy) is 1. The molecule has 0 aliphatic rings. The van der Waals surface area contributed by atoms with Crippen molar-refractivity contribution in [2.75, 3.05) is 7.11 Å². The summed E-state index contributed by atoms with van der Waals surface area (Å²) in [7, 11) is 1.65. The van der Waals surface area contributed by atoms with Crippen molar-refractivity contribution in [2.24, 2.45) is 0 Å². The molecule has 23 heavy (non-hydrogen) atoms. The van der Waals surface area contributed by atoms with E-state index in [1.165, 1.54) is 24.0 Å². The van der Waals surface area contributed by atoms with Crippen LogP contribution in [-0.2, 0) is 5.75 Å². The summed E-state index contributed by atoms with van der Waals surface area (Å²) in [5.74, 6) is 1.43. The summed E-state index contributed by atoms with van der Waals surface area (Å²) in [4.78, 5) is 22.7. The second kappa shape index (κ2) is 7.29. The molecule has 3 rings (SSSR count). The van der Waals surface area contributed by atoms with Crippen LogP contribution in [0.25, 0.3) is 10.6 Å². The highest BCUT2D eigenvalue weighted by Gasteiger charge is 2.11. The van der Waals surface area contributed by atoms with Crippen LogP contribution in [0.1, 0.15) is 5.69 Å². The molecule has 1 N–H and O–H groups in total. The monoisotopic (exact) mass is 409 g/mol. The number of aromatic nitrogens is 3. The molecule has 118 valence electrons. The van der Waals surface area contributed by atoms with E-state index < -0.39 is 0 Å². The van der Waals surface area contributed by atoms with Crippen LogP contribution in [0.5, 0.6) is 5.75 Å². The third-order valence-corrected chi connectivity index (χ3v) is 5.29. The van der Waals surface area contributed by atoms with Gasteiger partial charge in [0.2, 0.25) is 0 Å². The minimum absolute atomic E-state index is 0.152. The van der Waals surface area contributed by atoms with Gasteiger partial charge in [-0.15, -0.1) is 11.3 Å². The van der Waals surface area contributed by atoms with Crippen molar-refractivity contribution in [3.63, 3.8) is 0 Å². The number of H-pyrrole nitrogens is 1. The number of rotatable bonds is 5. The summed E-state index contributed by atoms with van der Waals surface area (Å²) >= 11 is 6.48. The molecular formula is C15H12BrN3O2S2. The summed E-state index contributed by atoms with van der Waals surface area (Å²) in [6, 6.07) is 7.23. The van der Waals surface area contributed by atoms with Gasteiger partial charge < -0.3 is 9.72 Å². The number of thioether (sulfide) groups is 1. The number of hydrogen-bond acceptors (Lipinski definition) is 6. The lowest BCUT2D eigenvalue weighted by Crippen LogP contribution is -2.05. The zero-order valence-electron chi connectivity index (χ0n) is 12.1. The number of nitrogens with one attached hydrogen (secondary N) is 1. The van der Waals surface area contributed by atoms with Crippen LogP contribution in [-0.4, -0.2) is 22.1 Å². The molecule has 1 aromatic carbocycles. The summed E-state index contributed by atoms with van der Waals surface area (Å²) in [6.45, 7) is 0. The zero-order valence-corrected chi connectivity index (χ0v) is 15.3. The molecule has 3 aromatic rings. The summed E-state index contributed by atoms with van der Waals surface area (Å²) in [6.07, 6.45) is 1.50. The predicted molar refractivity (Wildman–Crippen MR) is 96.2 cm³/mol. The third-order valence-electron chi connectivity index (χ3n) is 2.95. The first-order valence-corrected chi connectivity index (χ1v) is 9.28. The van der Waals surface area contributed by atoms with E-state index in [-0.39, 0.29) is 5.56 Å². The van der Waals surface area contributed by atoms with Crippen LogP contribution in [0.4, 0.5) is 0 Å². The highest BCUT2D eigenvalue weighted by molar-refractivity contribution is 9.10. The Bertz CT molecular complexity index is 879. The van der Waals surface area contributed by atoms with Gasteiger partial charge in [0, 0.05) is 27.9 Å². The van der Waals surface area contributed by atoms with Gasteiger partial charge in [-0.1, -0.05) is 27.7 Å². The normalized spacial score (nSPS) is 10.7. The van der Waals surface area contributed by atoms with Crippen LogP contribution < -0.4 is 10.3 Å². The van der Waals surface area contributed by atoms with E-state index >= 15 is 0 Å². The van der Waals surface area contributed by atoms with E-state index in [2.05, 4.69) is 30.9 Å². The molecule has 0 radical (unpaired) electrons. The first kappa shape index (κ1) is 16.2. The summed E-state index contributed by atoms with van der Waals surface area (Å²) < 4.78 is 6.37. The fraction of sp³-hybridized carbons (Fsp3) is 0.133. The number of nitrogens with zero attached hydrogens (tertiary/aromatic N) is 2. The Hall–Kier alpha value is -1.64. The molecule has 5 nitrogen and oxygen atoms in total. The van der Waals surface area contributed by atoms with E-state index in [0.29, 0.717) is 10.9 Å². The van der Waals surface area contributed by atoms with E-state index in [1.807, 2.05) is 23.6 Å². The predicted octanol–water partition coefficient (Wildman–Crippen LogP) is 3.96. The maximum atomic E-state index is 11.3. The van der Waals surface area contributed by atoms with Gasteiger partial charge in [-0.05, 0) is 18.2 Å². The Morgan fingerprint density at radius 2 is 2.26 bits per heavy atom. The molecule has 0 aliphatic carbocycles. The molecule has 0 fully saturated rings. The van der Waals surface area contributed by atoms with Crippen LogP contribution in [0.15, 0.2) is 50.3 Å². The van der Waals surface area contributed by atoms with E-state index in [1.54, 1.807) is 18.4 Å². The quantitative estimate of drug-likeness (QED) is 0.510. The van der Waals surface area contributed by atoms with Crippen molar-refractivity contribution in [1.82, 2.24) is 15.0 Å². The molecule has 0 bridgehead atoms. The lowest BCUT2D eigenvalue weighted by molar-refractivity contribution is 0.416. The lowest BCUT2D eigenvalue weighted by atomic mass is 10.2. The summed E-state index contributed by atoms with van der Waals surface area (Å²) in [5.41, 5.74) is 1.73. The van der Waals surface area contributed by atoms with E-state index in [9.17, 15) is 4.79 Å². The summed E-state index contributed by atoms with van der Waals surface area (Å²) in [5, 5.41) is 3.49. The van der Waals surface area contributed by atoms with Crippen molar-refractivity contribution in [3.05, 3.63) is 56.4 Å². The van der Waals surface area contributed by atoms with Gasteiger partial charge in [0.1, 0.15) is 10.8 Å². The van der Waals surface area contributed by atoms with Crippen molar-refractivity contribution in [1.29, 1.82) is 0 Å². The minimum Gasteiger partial charge on any atom is -0.496 e. The molecule has 0 amide bonds. The number of benzene rings is 1. The number of aromatic amines is 1. The highest BCUT2D eigenvalue weighted by atomic mass is 79.9. The maximum Gasteiger partial charge on any atom is 0.251 e. The Morgan fingerprint density at radius 3 is 3.04 bits per heavy atom. The second-order valence-corrected chi connectivity index (χ2v) is 7.25. The highest BCUT2D eigenvalue weighted by Crippen LogP contribution is 2.35. The number of halogens is 1. The Morgan fingerprint density at radius 1 is 1.39 bits per heavy atom. The molecule has 8 heteroatoms. The van der Waals surface area contributed by atoms with Gasteiger partial charge in [0.25, 0.3) is 5.56 Å². The standard InChI is InChI=1S/C15H12BrN3O2S2/c1-21-12-3-2-9(16)6-11(12)14-18-10(7-22-14)8-23-15-17-5-4-13(20)19-15/h2-7H,8H2,1H3,(H,17,19,20). The Kier molecular flexibility index (Phi) is 5.14. The topological polar surface area (TPSA) is 67.9 Å². The number of hydrogen-bond donors (Lipinski definition) is 1. The largest absolute Gasteiger partial charge is 0.496 e. The molecule has 0 atom stereocenters. The molecule has 0 saturated heterocycles. The van der Waals surface area contributed by atoms with Gasteiger partial charge in [-0.25, -0.2) is 9.97 Å². The molecule has 2 aromatic heterocycles. The lowest BCUT2D eigenvalue weighted by Gasteiger charge is -2.06. The number of methoxy groups -OCH3 is 1. The fourth-order valence-corrected chi connectivity index (χ4v) is 3.96. The first-order valence-electron chi connectivity index (χ1n) is 6.62. The minimum atomic E-state index is -0.152. The fourth-order valence-electron chi connectivity index (χ4n) is 1.91. The third kappa shape index (κ3) is 4.01. The second-order valence-electron chi connectivity index (χ2n) is 4.52. The smallest absolute Gasteiger partial charge is 0.251 e. The van der Waals surface area contributed by atoms with Crippen molar-refractivity contribution >= 4 is 39.0 Å². The zero-order chi connectivity index (χ0) is 16.2. The van der Waals surface area contributed by atoms with Crippen LogP contribution in [0.2, 0.25) is 0 Å². The SMILES string of the molecule is COc1ccc(Br)cc1-c1nc(CSc2nccc(=O)[nH]2)cs1. The first-order chi connectivity index (χ1) is 11.2. The molecule has 0 spiro atoms. The average Bonchev–Trinajstić information content (AvgIpc) is 3.02. The molecule has 0 saturated carbocycles. The maximum absolute atomic E-state index is 11.3. The molecule has 0 unspecified atom stereocenters.